The lowest BCUT2D eigenvalue weighted by atomic mass is 10.1. The van der Waals surface area contributed by atoms with Gasteiger partial charge in [-0.3, -0.25) is 14.5 Å². The SMILES string of the molecule is Cc1nnc(SCCC(=O)N2CCN3CCNC(=O)[C@@H]3C2)s1. The Balaban J connectivity index is 1.47. The Morgan fingerprint density at radius 1 is 1.41 bits per heavy atom. The van der Waals surface area contributed by atoms with Gasteiger partial charge in [-0.15, -0.1) is 10.2 Å². The summed E-state index contributed by atoms with van der Waals surface area (Å²) in [5.74, 6) is 0.860. The van der Waals surface area contributed by atoms with Gasteiger partial charge in [-0.1, -0.05) is 23.1 Å². The fourth-order valence-electron chi connectivity index (χ4n) is 2.72. The van der Waals surface area contributed by atoms with E-state index >= 15 is 0 Å². The van der Waals surface area contributed by atoms with Crippen molar-refractivity contribution < 1.29 is 9.59 Å². The molecule has 2 saturated heterocycles. The molecule has 2 aliphatic heterocycles. The molecule has 1 aromatic rings. The Hall–Kier alpha value is -1.19. The number of nitrogens with zero attached hydrogens (tertiary/aromatic N) is 4. The van der Waals surface area contributed by atoms with E-state index in [-0.39, 0.29) is 17.9 Å². The number of aromatic nitrogens is 2. The Kier molecular flexibility index (Phi) is 4.94. The Morgan fingerprint density at radius 2 is 2.27 bits per heavy atom. The Bertz CT molecular complexity index is 564. The topological polar surface area (TPSA) is 78.4 Å². The predicted molar refractivity (Wildman–Crippen MR) is 84.9 cm³/mol. The lowest BCUT2D eigenvalue weighted by Gasteiger charge is -2.43. The van der Waals surface area contributed by atoms with Gasteiger partial charge in [0.2, 0.25) is 11.8 Å². The van der Waals surface area contributed by atoms with E-state index in [2.05, 4.69) is 20.4 Å². The number of nitrogens with one attached hydrogen (secondary N) is 1. The summed E-state index contributed by atoms with van der Waals surface area (Å²) < 4.78 is 0.904. The number of piperazine rings is 2. The lowest BCUT2D eigenvalue weighted by molar-refractivity contribution is -0.139. The highest BCUT2D eigenvalue weighted by Gasteiger charge is 2.35. The first kappa shape index (κ1) is 15.7. The van der Waals surface area contributed by atoms with E-state index in [1.165, 1.54) is 0 Å². The molecule has 9 heteroatoms. The van der Waals surface area contributed by atoms with Gasteiger partial charge < -0.3 is 10.2 Å². The van der Waals surface area contributed by atoms with Gasteiger partial charge in [-0.05, 0) is 6.92 Å². The maximum absolute atomic E-state index is 12.3. The molecule has 0 spiro atoms. The highest BCUT2D eigenvalue weighted by atomic mass is 32.2. The van der Waals surface area contributed by atoms with E-state index in [9.17, 15) is 9.59 Å². The third-order valence-corrected chi connectivity index (χ3v) is 5.87. The van der Waals surface area contributed by atoms with Crippen LogP contribution in [0.3, 0.4) is 0 Å². The van der Waals surface area contributed by atoms with Gasteiger partial charge >= 0.3 is 0 Å². The Labute approximate surface area is 137 Å². The molecule has 7 nitrogen and oxygen atoms in total. The van der Waals surface area contributed by atoms with Crippen LogP contribution < -0.4 is 5.32 Å². The minimum Gasteiger partial charge on any atom is -0.353 e. The van der Waals surface area contributed by atoms with Crippen LogP contribution in [-0.2, 0) is 9.59 Å². The van der Waals surface area contributed by atoms with Crippen molar-refractivity contribution in [1.82, 2.24) is 25.3 Å². The van der Waals surface area contributed by atoms with Crippen LogP contribution >= 0.6 is 23.1 Å². The Morgan fingerprint density at radius 3 is 3.05 bits per heavy atom. The quantitative estimate of drug-likeness (QED) is 0.775. The van der Waals surface area contributed by atoms with Crippen molar-refractivity contribution >= 4 is 34.9 Å². The first-order valence-corrected chi connectivity index (χ1v) is 9.16. The molecule has 2 aliphatic rings. The molecule has 3 rings (SSSR count). The zero-order valence-corrected chi connectivity index (χ0v) is 14.1. The largest absolute Gasteiger partial charge is 0.353 e. The molecular formula is C13H19N5O2S2. The maximum Gasteiger partial charge on any atom is 0.239 e. The molecular weight excluding hydrogens is 322 g/mol. The molecule has 22 heavy (non-hydrogen) atoms. The summed E-state index contributed by atoms with van der Waals surface area (Å²) in [5, 5.41) is 11.8. The number of rotatable bonds is 4. The van der Waals surface area contributed by atoms with E-state index in [0.717, 1.165) is 22.4 Å². The zero-order chi connectivity index (χ0) is 15.5. The van der Waals surface area contributed by atoms with E-state index in [0.29, 0.717) is 31.8 Å². The zero-order valence-electron chi connectivity index (χ0n) is 12.4. The van der Waals surface area contributed by atoms with Crippen molar-refractivity contribution in [2.75, 3.05) is 38.5 Å². The van der Waals surface area contributed by atoms with Crippen LogP contribution in [0.4, 0.5) is 0 Å². The molecule has 3 heterocycles. The minimum atomic E-state index is -0.176. The number of carbonyl (C=O) groups is 2. The van der Waals surface area contributed by atoms with Crippen LogP contribution in [0, 0.1) is 6.92 Å². The van der Waals surface area contributed by atoms with Gasteiger partial charge in [0.05, 0.1) is 0 Å². The highest BCUT2D eigenvalue weighted by molar-refractivity contribution is 8.01. The summed E-state index contributed by atoms with van der Waals surface area (Å²) in [6.07, 6.45) is 0.470. The highest BCUT2D eigenvalue weighted by Crippen LogP contribution is 2.23. The standard InChI is InChI=1S/C13H19N5O2S2/c1-9-15-16-13(22-9)21-7-2-11(19)18-6-5-17-4-3-14-12(20)10(17)8-18/h10H,2-8H2,1H3,(H,14,20)/t10-/m0/s1. The average molecular weight is 341 g/mol. The molecule has 0 saturated carbocycles. The molecule has 2 fully saturated rings. The molecule has 0 unspecified atom stereocenters. The fraction of sp³-hybridized carbons (Fsp3) is 0.692. The van der Waals surface area contributed by atoms with Crippen molar-refractivity contribution in [3.8, 4) is 0 Å². The van der Waals surface area contributed by atoms with Crippen LogP contribution in [0.1, 0.15) is 11.4 Å². The molecule has 2 amide bonds. The average Bonchev–Trinajstić information content (AvgIpc) is 2.93. The lowest BCUT2D eigenvalue weighted by Crippen LogP contribution is -2.64. The first-order valence-electron chi connectivity index (χ1n) is 7.36. The van der Waals surface area contributed by atoms with Gasteiger partial charge in [-0.2, -0.15) is 0 Å². The first-order chi connectivity index (χ1) is 10.6. The number of hydrogen-bond donors (Lipinski definition) is 1. The third-order valence-electron chi connectivity index (χ3n) is 3.89. The predicted octanol–water partition coefficient (Wildman–Crippen LogP) is -0.0287. The van der Waals surface area contributed by atoms with Crippen molar-refractivity contribution in [1.29, 1.82) is 0 Å². The van der Waals surface area contributed by atoms with Crippen LogP contribution in [0.15, 0.2) is 4.34 Å². The van der Waals surface area contributed by atoms with Crippen molar-refractivity contribution in [3.63, 3.8) is 0 Å². The third kappa shape index (κ3) is 3.58. The van der Waals surface area contributed by atoms with Crippen LogP contribution in [0.25, 0.3) is 0 Å². The maximum atomic E-state index is 12.3. The van der Waals surface area contributed by atoms with Crippen molar-refractivity contribution in [2.45, 2.75) is 23.7 Å². The van der Waals surface area contributed by atoms with Crippen molar-refractivity contribution in [2.24, 2.45) is 0 Å². The van der Waals surface area contributed by atoms with Gasteiger partial charge in [-0.25, -0.2) is 0 Å². The molecule has 1 atom stereocenters. The van der Waals surface area contributed by atoms with E-state index in [1.807, 2.05) is 11.8 Å². The molecule has 0 aliphatic carbocycles. The second kappa shape index (κ2) is 6.93. The second-order valence-corrected chi connectivity index (χ2v) is 7.89. The van der Waals surface area contributed by atoms with Crippen molar-refractivity contribution in [3.05, 3.63) is 5.01 Å². The van der Waals surface area contributed by atoms with Crippen LogP contribution in [0.5, 0.6) is 0 Å². The normalized spacial score (nSPS) is 22.3. The van der Waals surface area contributed by atoms with Crippen LogP contribution in [-0.4, -0.2) is 76.3 Å². The van der Waals surface area contributed by atoms with Gasteiger partial charge in [0, 0.05) is 44.9 Å². The summed E-state index contributed by atoms with van der Waals surface area (Å²) >= 11 is 3.11. The number of aryl methyl sites for hydroxylation is 1. The molecule has 0 radical (unpaired) electrons. The molecule has 0 aromatic carbocycles. The summed E-state index contributed by atoms with van der Waals surface area (Å²) in [6, 6.07) is -0.176. The number of hydrogen-bond acceptors (Lipinski definition) is 7. The number of fused-ring (bicyclic) bond motifs is 1. The smallest absolute Gasteiger partial charge is 0.239 e. The molecule has 120 valence electrons. The fourth-order valence-corrected chi connectivity index (χ4v) is 4.54. The van der Waals surface area contributed by atoms with Crippen LogP contribution in [0.2, 0.25) is 0 Å². The number of carbonyl (C=O) groups excluding carboxylic acids is 2. The van der Waals surface area contributed by atoms with Gasteiger partial charge in [0.15, 0.2) is 4.34 Å². The van der Waals surface area contributed by atoms with Gasteiger partial charge in [0.25, 0.3) is 0 Å². The number of amides is 2. The monoisotopic (exact) mass is 341 g/mol. The minimum absolute atomic E-state index is 0.0439. The van der Waals surface area contributed by atoms with Gasteiger partial charge in [0.1, 0.15) is 11.0 Å². The van der Waals surface area contributed by atoms with E-state index in [4.69, 9.17) is 0 Å². The molecule has 0 bridgehead atoms. The molecule has 1 N–H and O–H groups in total. The molecule has 1 aromatic heterocycles. The summed E-state index contributed by atoms with van der Waals surface area (Å²) in [5.41, 5.74) is 0. The van der Waals surface area contributed by atoms with E-state index < -0.39 is 0 Å². The summed E-state index contributed by atoms with van der Waals surface area (Å²) in [4.78, 5) is 28.2. The second-order valence-electron chi connectivity index (χ2n) is 5.37. The van der Waals surface area contributed by atoms with E-state index in [1.54, 1.807) is 23.1 Å². The summed E-state index contributed by atoms with van der Waals surface area (Å²) in [6.45, 7) is 5.51. The summed E-state index contributed by atoms with van der Waals surface area (Å²) in [7, 11) is 0. The number of thioether (sulfide) groups is 1.